The van der Waals surface area contributed by atoms with Crippen LogP contribution in [0.25, 0.3) is 22.3 Å². The molecule has 0 nitrogen and oxygen atoms in total. The van der Waals surface area contributed by atoms with E-state index in [0.717, 1.165) is 5.02 Å². The summed E-state index contributed by atoms with van der Waals surface area (Å²) in [5.41, 5.74) is 5.26. The van der Waals surface area contributed by atoms with E-state index in [4.69, 9.17) is 11.6 Å². The summed E-state index contributed by atoms with van der Waals surface area (Å²) in [5, 5.41) is 0.813. The molecule has 0 radical (unpaired) electrons. The highest BCUT2D eigenvalue weighted by Crippen LogP contribution is 2.47. The van der Waals surface area contributed by atoms with E-state index in [1.54, 1.807) is 0 Å². The Kier molecular flexibility index (Phi) is 1.30. The number of fused-ring (bicyclic) bond motifs is 4. The van der Waals surface area contributed by atoms with Crippen molar-refractivity contribution < 1.29 is 0 Å². The molecule has 1 aliphatic carbocycles. The largest absolute Gasteiger partial charge is 0.0843 e. The molecule has 0 saturated heterocycles. The van der Waals surface area contributed by atoms with Crippen LogP contribution in [-0.4, -0.2) is 0 Å². The number of benzene rings is 2. The molecule has 0 heterocycles. The van der Waals surface area contributed by atoms with Gasteiger partial charge in [0.2, 0.25) is 0 Å². The molecular weight excluding hydrogens is 180 g/mol. The van der Waals surface area contributed by atoms with E-state index >= 15 is 0 Å². The third kappa shape index (κ3) is 0.866. The number of halogens is 1. The van der Waals surface area contributed by atoms with Crippen molar-refractivity contribution in [1.29, 1.82) is 0 Å². The smallest absolute Gasteiger partial charge is 0.0412 e. The third-order valence-corrected chi connectivity index (χ3v) is 2.72. The molecule has 1 heteroatoms. The molecule has 0 N–H and O–H groups in total. The molecular formula is C12H7Cl. The molecule has 0 unspecified atom stereocenters. The van der Waals surface area contributed by atoms with Crippen LogP contribution >= 0.6 is 11.6 Å². The molecule has 62 valence electrons. The summed E-state index contributed by atoms with van der Waals surface area (Å²) < 4.78 is 0. The third-order valence-electron chi connectivity index (χ3n) is 2.49. The summed E-state index contributed by atoms with van der Waals surface area (Å²) in [4.78, 5) is 0. The Hall–Kier alpha value is -1.27. The van der Waals surface area contributed by atoms with Crippen molar-refractivity contribution in [2.75, 3.05) is 0 Å². The van der Waals surface area contributed by atoms with Crippen LogP contribution in [0.3, 0.4) is 0 Å². The van der Waals surface area contributed by atoms with E-state index in [9.17, 15) is 0 Å². The van der Waals surface area contributed by atoms with E-state index in [0.29, 0.717) is 0 Å². The zero-order valence-electron chi connectivity index (χ0n) is 6.92. The zero-order chi connectivity index (χ0) is 8.84. The second-order valence-electron chi connectivity index (χ2n) is 3.24. The van der Waals surface area contributed by atoms with Crippen LogP contribution < -0.4 is 0 Å². The quantitative estimate of drug-likeness (QED) is 0.498. The van der Waals surface area contributed by atoms with Crippen molar-refractivity contribution in [3.05, 3.63) is 47.5 Å². The maximum Gasteiger partial charge on any atom is 0.0412 e. The minimum Gasteiger partial charge on any atom is -0.0843 e. The summed E-state index contributed by atoms with van der Waals surface area (Å²) >= 11 is 5.92. The van der Waals surface area contributed by atoms with Gasteiger partial charge in [-0.05, 0) is 34.4 Å². The average Bonchev–Trinajstić information content (AvgIpc) is 2.15. The van der Waals surface area contributed by atoms with E-state index in [1.165, 1.54) is 22.3 Å². The first kappa shape index (κ1) is 7.16. The first-order chi connectivity index (χ1) is 6.36. The number of rotatable bonds is 0. The van der Waals surface area contributed by atoms with Crippen LogP contribution in [0.15, 0.2) is 42.5 Å². The molecule has 0 saturated carbocycles. The van der Waals surface area contributed by atoms with Crippen LogP contribution in [0.4, 0.5) is 0 Å². The van der Waals surface area contributed by atoms with Gasteiger partial charge in [0, 0.05) is 5.02 Å². The minimum absolute atomic E-state index is 0.813. The predicted octanol–water partition coefficient (Wildman–Crippen LogP) is 3.99. The van der Waals surface area contributed by atoms with Gasteiger partial charge >= 0.3 is 0 Å². The standard InChI is InChI=1S/C12H7Cl/c13-8-5-6-11-9-3-1-2-4-10(9)12(11)7-8/h1-7H. The minimum atomic E-state index is 0.813. The van der Waals surface area contributed by atoms with Gasteiger partial charge in [-0.15, -0.1) is 0 Å². The molecule has 0 spiro atoms. The topological polar surface area (TPSA) is 0 Å². The Labute approximate surface area is 81.8 Å². The first-order valence-electron chi connectivity index (χ1n) is 4.25. The van der Waals surface area contributed by atoms with Crippen LogP contribution in [0.2, 0.25) is 5.02 Å². The lowest BCUT2D eigenvalue weighted by Crippen LogP contribution is -1.97. The van der Waals surface area contributed by atoms with Crippen molar-refractivity contribution >= 4 is 11.6 Å². The van der Waals surface area contributed by atoms with Crippen LogP contribution in [0.1, 0.15) is 0 Å². The van der Waals surface area contributed by atoms with Gasteiger partial charge in [0.25, 0.3) is 0 Å². The lowest BCUT2D eigenvalue weighted by Gasteiger charge is -2.23. The first-order valence-corrected chi connectivity index (χ1v) is 4.63. The van der Waals surface area contributed by atoms with E-state index in [-0.39, 0.29) is 0 Å². The Balaban J connectivity index is 2.29. The fraction of sp³-hybridized carbons (Fsp3) is 0. The highest BCUT2D eigenvalue weighted by atomic mass is 35.5. The molecule has 0 bridgehead atoms. The normalized spacial score (nSPS) is 11.5. The summed E-state index contributed by atoms with van der Waals surface area (Å²) in [5.74, 6) is 0. The Morgan fingerprint density at radius 2 is 1.31 bits per heavy atom. The van der Waals surface area contributed by atoms with E-state index in [2.05, 4.69) is 30.3 Å². The monoisotopic (exact) mass is 186 g/mol. The fourth-order valence-corrected chi connectivity index (χ4v) is 2.04. The molecule has 0 aliphatic heterocycles. The SMILES string of the molecule is Clc1ccc2c(c1)-c1ccccc1-2. The highest BCUT2D eigenvalue weighted by Gasteiger charge is 2.20. The Morgan fingerprint density at radius 3 is 2.08 bits per heavy atom. The average molecular weight is 187 g/mol. The summed E-state index contributed by atoms with van der Waals surface area (Å²) in [6.45, 7) is 0. The molecule has 0 atom stereocenters. The van der Waals surface area contributed by atoms with Crippen molar-refractivity contribution in [2.45, 2.75) is 0 Å². The van der Waals surface area contributed by atoms with Crippen LogP contribution in [-0.2, 0) is 0 Å². The predicted molar refractivity (Wildman–Crippen MR) is 55.9 cm³/mol. The second-order valence-corrected chi connectivity index (χ2v) is 3.67. The summed E-state index contributed by atoms with van der Waals surface area (Å²) in [6, 6.07) is 14.5. The second kappa shape index (κ2) is 2.36. The molecule has 0 aromatic heterocycles. The van der Waals surface area contributed by atoms with Gasteiger partial charge in [0.05, 0.1) is 0 Å². The van der Waals surface area contributed by atoms with Crippen molar-refractivity contribution in [3.63, 3.8) is 0 Å². The molecule has 3 rings (SSSR count). The number of hydrogen-bond acceptors (Lipinski definition) is 0. The molecule has 2 aromatic rings. The zero-order valence-corrected chi connectivity index (χ0v) is 7.68. The maximum absolute atomic E-state index is 5.92. The maximum atomic E-state index is 5.92. The Bertz CT molecular complexity index is 486. The van der Waals surface area contributed by atoms with Gasteiger partial charge in [-0.2, -0.15) is 0 Å². The lowest BCUT2D eigenvalue weighted by atomic mass is 9.81. The Morgan fingerprint density at radius 1 is 0.692 bits per heavy atom. The highest BCUT2D eigenvalue weighted by molar-refractivity contribution is 6.31. The van der Waals surface area contributed by atoms with E-state index < -0.39 is 0 Å². The van der Waals surface area contributed by atoms with Crippen molar-refractivity contribution in [3.8, 4) is 22.3 Å². The lowest BCUT2D eigenvalue weighted by molar-refractivity contribution is 1.52. The van der Waals surface area contributed by atoms with Gasteiger partial charge in [0.15, 0.2) is 0 Å². The molecule has 13 heavy (non-hydrogen) atoms. The van der Waals surface area contributed by atoms with Crippen LogP contribution in [0, 0.1) is 0 Å². The fourth-order valence-electron chi connectivity index (χ4n) is 1.86. The van der Waals surface area contributed by atoms with Gasteiger partial charge in [-0.3, -0.25) is 0 Å². The summed E-state index contributed by atoms with van der Waals surface area (Å²) in [6.07, 6.45) is 0. The van der Waals surface area contributed by atoms with Crippen molar-refractivity contribution in [1.82, 2.24) is 0 Å². The molecule has 2 aromatic carbocycles. The van der Waals surface area contributed by atoms with Gasteiger partial charge in [0.1, 0.15) is 0 Å². The molecule has 1 aliphatic rings. The summed E-state index contributed by atoms with van der Waals surface area (Å²) in [7, 11) is 0. The van der Waals surface area contributed by atoms with Gasteiger partial charge in [-0.1, -0.05) is 41.9 Å². The molecule has 0 amide bonds. The van der Waals surface area contributed by atoms with Crippen LogP contribution in [0.5, 0.6) is 0 Å². The van der Waals surface area contributed by atoms with Gasteiger partial charge < -0.3 is 0 Å². The molecule has 0 fully saturated rings. The van der Waals surface area contributed by atoms with Gasteiger partial charge in [-0.25, -0.2) is 0 Å². The van der Waals surface area contributed by atoms with Crippen molar-refractivity contribution in [2.24, 2.45) is 0 Å². The number of hydrogen-bond donors (Lipinski definition) is 0. The van der Waals surface area contributed by atoms with E-state index in [1.807, 2.05) is 12.1 Å².